The van der Waals surface area contributed by atoms with Crippen molar-refractivity contribution in [2.24, 2.45) is 11.8 Å². The summed E-state index contributed by atoms with van der Waals surface area (Å²) >= 11 is 0. The lowest BCUT2D eigenvalue weighted by atomic mass is 9.81. The fourth-order valence-corrected chi connectivity index (χ4v) is 2.26. The molecule has 1 saturated heterocycles. The molecule has 2 rings (SSSR count). The number of carboxylic acid groups (broad SMARTS) is 1. The molecule has 2 aliphatic rings. The lowest BCUT2D eigenvalue weighted by Crippen LogP contribution is -2.38. The first-order valence-corrected chi connectivity index (χ1v) is 5.50. The molecule has 2 aliphatic heterocycles. The molecule has 0 bridgehead atoms. The minimum atomic E-state index is -0.862. The number of hydrogen-bond donors (Lipinski definition) is 3. The van der Waals surface area contributed by atoms with Crippen molar-refractivity contribution in [3.63, 3.8) is 0 Å². The molecule has 0 spiro atoms. The van der Waals surface area contributed by atoms with E-state index in [1.807, 2.05) is 6.08 Å². The second-order valence-corrected chi connectivity index (χ2v) is 4.19. The van der Waals surface area contributed by atoms with Gasteiger partial charge in [0.2, 0.25) is 0 Å². The van der Waals surface area contributed by atoms with Crippen molar-refractivity contribution in [1.82, 2.24) is 10.8 Å². The Morgan fingerprint density at radius 1 is 1.65 bits per heavy atom. The smallest absolute Gasteiger partial charge is 0.303 e. The fourth-order valence-electron chi connectivity index (χ4n) is 2.26. The van der Waals surface area contributed by atoms with Crippen molar-refractivity contribution in [3.8, 4) is 0 Å². The summed E-state index contributed by atoms with van der Waals surface area (Å²) < 4.78 is 0. The van der Waals surface area contributed by atoms with E-state index in [1.165, 1.54) is 0 Å². The summed E-state index contributed by atoms with van der Waals surface area (Å²) in [7, 11) is 0. The first-order chi connectivity index (χ1) is 8.20. The predicted molar refractivity (Wildman–Crippen MR) is 58.2 cm³/mol. The summed E-state index contributed by atoms with van der Waals surface area (Å²) in [5.41, 5.74) is 3.16. The third-order valence-electron chi connectivity index (χ3n) is 3.07. The average molecular weight is 238 g/mol. The number of aliphatic carboxylic acids is 1. The van der Waals surface area contributed by atoms with Crippen molar-refractivity contribution in [3.05, 3.63) is 17.5 Å². The van der Waals surface area contributed by atoms with E-state index in [4.69, 9.17) is 9.94 Å². The van der Waals surface area contributed by atoms with Gasteiger partial charge in [-0.2, -0.15) is 5.48 Å². The van der Waals surface area contributed by atoms with E-state index in [-0.39, 0.29) is 18.3 Å². The number of allylic oxidation sites excluding steroid dienone is 1. The molecule has 2 unspecified atom stereocenters. The van der Waals surface area contributed by atoms with Crippen LogP contribution in [0.15, 0.2) is 17.5 Å². The van der Waals surface area contributed by atoms with Gasteiger partial charge in [0.05, 0.1) is 12.2 Å². The van der Waals surface area contributed by atoms with E-state index in [1.54, 1.807) is 5.94 Å². The Balaban J connectivity index is 2.12. The molecule has 0 aromatic rings. The number of carboxylic acids is 1. The van der Waals surface area contributed by atoms with Gasteiger partial charge >= 0.3 is 5.97 Å². The topological polar surface area (TPSA) is 87.7 Å². The van der Waals surface area contributed by atoms with Crippen molar-refractivity contribution >= 4 is 11.9 Å². The monoisotopic (exact) mass is 238 g/mol. The van der Waals surface area contributed by atoms with Gasteiger partial charge < -0.3 is 15.3 Å². The van der Waals surface area contributed by atoms with E-state index in [0.29, 0.717) is 25.2 Å². The van der Waals surface area contributed by atoms with Gasteiger partial charge in [-0.3, -0.25) is 4.79 Å². The molecule has 0 amide bonds. The van der Waals surface area contributed by atoms with Gasteiger partial charge in [-0.1, -0.05) is 0 Å². The lowest BCUT2D eigenvalue weighted by Gasteiger charge is -2.31. The number of hydrogen-bond acceptors (Lipinski definition) is 5. The first kappa shape index (κ1) is 11.7. The molecule has 0 saturated carbocycles. The second-order valence-electron chi connectivity index (χ2n) is 4.19. The molecule has 0 aliphatic carbocycles. The van der Waals surface area contributed by atoms with E-state index < -0.39 is 5.97 Å². The van der Waals surface area contributed by atoms with Crippen LogP contribution >= 0.6 is 0 Å². The molecule has 6 nitrogen and oxygen atoms in total. The van der Waals surface area contributed by atoms with Crippen LogP contribution < -0.4 is 10.8 Å². The van der Waals surface area contributed by atoms with Gasteiger partial charge in [0.25, 0.3) is 0 Å². The van der Waals surface area contributed by atoms with Crippen LogP contribution in [0.5, 0.6) is 0 Å². The summed E-state index contributed by atoms with van der Waals surface area (Å²) in [6, 6.07) is 0. The van der Waals surface area contributed by atoms with E-state index >= 15 is 0 Å². The normalized spacial score (nSPS) is 27.8. The second kappa shape index (κ2) is 5.03. The third kappa shape index (κ3) is 2.67. The molecule has 0 radical (unpaired) electrons. The molecule has 3 N–H and O–H groups in total. The summed E-state index contributed by atoms with van der Waals surface area (Å²) in [4.78, 5) is 26.7. The number of nitrogens with one attached hydrogen (secondary N) is 2. The quantitative estimate of drug-likeness (QED) is 0.591. The van der Waals surface area contributed by atoms with Crippen LogP contribution in [0.25, 0.3) is 0 Å². The van der Waals surface area contributed by atoms with Crippen LogP contribution in [0.1, 0.15) is 12.8 Å². The molecule has 1 fully saturated rings. The molecular formula is C11H14N2O4. The van der Waals surface area contributed by atoms with Gasteiger partial charge in [0.15, 0.2) is 0 Å². The Morgan fingerprint density at radius 2 is 2.47 bits per heavy atom. The van der Waals surface area contributed by atoms with Crippen LogP contribution in [-0.4, -0.2) is 30.1 Å². The lowest BCUT2D eigenvalue weighted by molar-refractivity contribution is -0.138. The van der Waals surface area contributed by atoms with Crippen LogP contribution in [-0.2, 0) is 14.4 Å². The molecule has 92 valence electrons. The van der Waals surface area contributed by atoms with Crippen LogP contribution in [0.2, 0.25) is 0 Å². The highest BCUT2D eigenvalue weighted by molar-refractivity contribution is 5.67. The minimum absolute atomic E-state index is 0.0156. The predicted octanol–water partition coefficient (Wildman–Crippen LogP) is -0.179. The van der Waals surface area contributed by atoms with Crippen LogP contribution in [0.3, 0.4) is 0 Å². The molecular weight excluding hydrogens is 224 g/mol. The number of hydroxylamine groups is 1. The average Bonchev–Trinajstić information content (AvgIpc) is 2.81. The van der Waals surface area contributed by atoms with E-state index in [9.17, 15) is 9.59 Å². The van der Waals surface area contributed by atoms with Crippen molar-refractivity contribution < 1.29 is 19.5 Å². The zero-order valence-corrected chi connectivity index (χ0v) is 9.23. The standard InChI is InChI=1S/C11H14N2O4/c14-6-8-3-7(4-11(15)16)9(5-12-8)10-1-2-13-17-10/h1,7,9,12-13H,2-5H2,(H,15,16). The summed E-state index contributed by atoms with van der Waals surface area (Å²) in [6.45, 7) is 1.14. The Hall–Kier alpha value is -1.78. The molecule has 0 aromatic carbocycles. The number of piperidine rings is 1. The van der Waals surface area contributed by atoms with Gasteiger partial charge in [0, 0.05) is 25.3 Å². The SMILES string of the molecule is O=C=C1CC(CC(=O)O)C(C2=CCNO2)CN1. The summed E-state index contributed by atoms with van der Waals surface area (Å²) in [5, 5.41) is 11.8. The Bertz CT molecular complexity index is 398. The minimum Gasteiger partial charge on any atom is -0.481 e. The van der Waals surface area contributed by atoms with Crippen LogP contribution in [0.4, 0.5) is 0 Å². The Labute approximate surface area is 98.3 Å². The van der Waals surface area contributed by atoms with Gasteiger partial charge in [-0.15, -0.1) is 0 Å². The van der Waals surface area contributed by atoms with E-state index in [0.717, 1.165) is 5.76 Å². The van der Waals surface area contributed by atoms with Crippen molar-refractivity contribution in [1.29, 1.82) is 0 Å². The Morgan fingerprint density at radius 3 is 3.06 bits per heavy atom. The first-order valence-electron chi connectivity index (χ1n) is 5.50. The molecule has 6 heteroatoms. The number of rotatable bonds is 3. The molecule has 0 aromatic heterocycles. The summed E-state index contributed by atoms with van der Waals surface area (Å²) in [5.74, 6) is 1.56. The molecule has 2 heterocycles. The maximum absolute atomic E-state index is 10.8. The molecule has 2 atom stereocenters. The van der Waals surface area contributed by atoms with Gasteiger partial charge in [-0.25, -0.2) is 4.79 Å². The highest BCUT2D eigenvalue weighted by Crippen LogP contribution is 2.32. The Kier molecular flexibility index (Phi) is 3.46. The highest BCUT2D eigenvalue weighted by Gasteiger charge is 2.34. The van der Waals surface area contributed by atoms with Crippen molar-refractivity contribution in [2.45, 2.75) is 12.8 Å². The number of carbonyl (C=O) groups excluding carboxylic acids is 1. The van der Waals surface area contributed by atoms with Gasteiger partial charge in [0.1, 0.15) is 11.7 Å². The summed E-state index contributed by atoms with van der Waals surface area (Å²) in [6.07, 6.45) is 2.33. The van der Waals surface area contributed by atoms with Gasteiger partial charge in [-0.05, 0) is 12.0 Å². The van der Waals surface area contributed by atoms with Crippen LogP contribution in [0, 0.1) is 11.8 Å². The van der Waals surface area contributed by atoms with Crippen molar-refractivity contribution in [2.75, 3.05) is 13.1 Å². The highest BCUT2D eigenvalue weighted by atomic mass is 16.7. The molecule has 17 heavy (non-hydrogen) atoms. The van der Waals surface area contributed by atoms with E-state index in [2.05, 4.69) is 10.8 Å². The third-order valence-corrected chi connectivity index (χ3v) is 3.07. The zero-order chi connectivity index (χ0) is 12.3. The fraction of sp³-hybridized carbons (Fsp3) is 0.545. The zero-order valence-electron chi connectivity index (χ0n) is 9.23. The largest absolute Gasteiger partial charge is 0.481 e. The maximum Gasteiger partial charge on any atom is 0.303 e. The maximum atomic E-state index is 10.8. The number of carbonyl (C=O) groups is 1.